The van der Waals surface area contributed by atoms with Crippen LogP contribution in [0.25, 0.3) is 10.1 Å². The first-order chi connectivity index (χ1) is 14.2. The number of para-hydroxylation sites is 1. The number of ketones is 1. The molecule has 154 valence electrons. The number of thiophene rings is 1. The maximum atomic E-state index is 13.4. The van der Waals surface area contributed by atoms with Crippen LogP contribution in [0.15, 0.2) is 54.2 Å². The number of anilines is 1. The Morgan fingerprint density at radius 1 is 1.23 bits per heavy atom. The van der Waals surface area contributed by atoms with E-state index in [1.165, 1.54) is 24.3 Å². The standard InChI is InChI=1S/C23H19ClFNO3S/c1-23(2)16-6-4-5-7-17(16)26(3)19(23)11-14(27)12-29-22(28)21-20(24)15-9-8-13(25)10-18(15)30-21/h4-11H,12H2,1-3H3. The smallest absolute Gasteiger partial charge is 0.350 e. The molecule has 0 saturated heterocycles. The van der Waals surface area contributed by atoms with Crippen LogP contribution in [0.5, 0.6) is 0 Å². The van der Waals surface area contributed by atoms with Crippen LogP contribution < -0.4 is 4.90 Å². The molecule has 0 spiro atoms. The van der Waals surface area contributed by atoms with Crippen molar-refractivity contribution in [3.05, 3.63) is 75.5 Å². The monoisotopic (exact) mass is 443 g/mol. The quantitative estimate of drug-likeness (QED) is 0.381. The Morgan fingerprint density at radius 3 is 2.70 bits per heavy atom. The molecular formula is C23H19ClFNO3S. The van der Waals surface area contributed by atoms with Crippen LogP contribution in [0, 0.1) is 5.82 Å². The molecule has 0 N–H and O–H groups in total. The van der Waals surface area contributed by atoms with Crippen molar-refractivity contribution in [2.75, 3.05) is 18.6 Å². The molecule has 2 heterocycles. The molecule has 3 aromatic rings. The number of hydrogen-bond donors (Lipinski definition) is 0. The van der Waals surface area contributed by atoms with Crippen LogP contribution in [-0.2, 0) is 14.9 Å². The average Bonchev–Trinajstić information content (AvgIpc) is 3.13. The highest BCUT2D eigenvalue weighted by Crippen LogP contribution is 2.46. The summed E-state index contributed by atoms with van der Waals surface area (Å²) in [4.78, 5) is 27.2. The summed E-state index contributed by atoms with van der Waals surface area (Å²) < 4.78 is 19.2. The summed E-state index contributed by atoms with van der Waals surface area (Å²) in [6, 6.07) is 12.1. The number of allylic oxidation sites excluding steroid dienone is 1. The van der Waals surface area contributed by atoms with E-state index in [2.05, 4.69) is 13.8 Å². The summed E-state index contributed by atoms with van der Waals surface area (Å²) >= 11 is 7.29. The van der Waals surface area contributed by atoms with E-state index in [0.29, 0.717) is 10.1 Å². The van der Waals surface area contributed by atoms with Gasteiger partial charge >= 0.3 is 5.97 Å². The summed E-state index contributed by atoms with van der Waals surface area (Å²) in [5.41, 5.74) is 2.67. The van der Waals surface area contributed by atoms with Crippen molar-refractivity contribution >= 4 is 50.5 Å². The van der Waals surface area contributed by atoms with Gasteiger partial charge in [0.05, 0.1) is 5.02 Å². The van der Waals surface area contributed by atoms with Gasteiger partial charge in [-0.3, -0.25) is 4.79 Å². The molecule has 0 unspecified atom stereocenters. The second-order valence-corrected chi connectivity index (χ2v) is 9.09. The van der Waals surface area contributed by atoms with Gasteiger partial charge in [0, 0.05) is 40.0 Å². The molecule has 4 rings (SSSR count). The lowest BCUT2D eigenvalue weighted by Crippen LogP contribution is -2.25. The normalized spacial score (nSPS) is 16.2. The third kappa shape index (κ3) is 3.40. The van der Waals surface area contributed by atoms with Gasteiger partial charge in [-0.15, -0.1) is 11.3 Å². The van der Waals surface area contributed by atoms with Crippen molar-refractivity contribution in [2.24, 2.45) is 0 Å². The first-order valence-electron chi connectivity index (χ1n) is 9.33. The van der Waals surface area contributed by atoms with E-state index >= 15 is 0 Å². The second-order valence-electron chi connectivity index (χ2n) is 7.66. The molecule has 2 aromatic carbocycles. The van der Waals surface area contributed by atoms with Gasteiger partial charge in [0.1, 0.15) is 10.7 Å². The molecule has 1 aromatic heterocycles. The molecule has 30 heavy (non-hydrogen) atoms. The van der Waals surface area contributed by atoms with Gasteiger partial charge in [0.15, 0.2) is 12.4 Å². The summed E-state index contributed by atoms with van der Waals surface area (Å²) in [6.45, 7) is 3.70. The Bertz CT molecular complexity index is 1210. The van der Waals surface area contributed by atoms with E-state index in [1.807, 2.05) is 36.2 Å². The highest BCUT2D eigenvalue weighted by atomic mass is 35.5. The van der Waals surface area contributed by atoms with Crippen LogP contribution in [0.1, 0.15) is 29.1 Å². The molecule has 0 bridgehead atoms. The topological polar surface area (TPSA) is 46.6 Å². The molecule has 4 nitrogen and oxygen atoms in total. The number of likely N-dealkylation sites (N-methyl/N-ethyl adjacent to an activating group) is 1. The Labute approximate surface area is 182 Å². The predicted octanol–water partition coefficient (Wildman–Crippen LogP) is 5.73. The van der Waals surface area contributed by atoms with Crippen molar-refractivity contribution in [1.82, 2.24) is 0 Å². The number of nitrogens with zero attached hydrogens (tertiary/aromatic N) is 1. The lowest BCUT2D eigenvalue weighted by atomic mass is 9.83. The highest BCUT2D eigenvalue weighted by Gasteiger charge is 2.38. The lowest BCUT2D eigenvalue weighted by Gasteiger charge is -2.23. The van der Waals surface area contributed by atoms with E-state index in [1.54, 1.807) is 0 Å². The zero-order chi connectivity index (χ0) is 21.6. The van der Waals surface area contributed by atoms with Crippen LogP contribution in [0.4, 0.5) is 10.1 Å². The van der Waals surface area contributed by atoms with E-state index in [-0.39, 0.29) is 21.1 Å². The highest BCUT2D eigenvalue weighted by molar-refractivity contribution is 7.21. The molecule has 7 heteroatoms. The minimum atomic E-state index is -0.698. The van der Waals surface area contributed by atoms with Gasteiger partial charge in [-0.1, -0.05) is 43.6 Å². The fourth-order valence-electron chi connectivity index (χ4n) is 3.83. The predicted molar refractivity (Wildman–Crippen MR) is 118 cm³/mol. The molecule has 0 amide bonds. The third-order valence-corrected chi connectivity index (χ3v) is 7.00. The SMILES string of the molecule is CN1C(=CC(=O)COC(=O)c2sc3cc(F)ccc3c2Cl)C(C)(C)c2ccccc21. The minimum Gasteiger partial charge on any atom is -0.453 e. The maximum absolute atomic E-state index is 13.4. The van der Waals surface area contributed by atoms with Crippen LogP contribution in [0.2, 0.25) is 5.02 Å². The third-order valence-electron chi connectivity index (χ3n) is 5.36. The van der Waals surface area contributed by atoms with Gasteiger partial charge in [0.25, 0.3) is 0 Å². The van der Waals surface area contributed by atoms with E-state index in [0.717, 1.165) is 28.3 Å². The fraction of sp³-hybridized carbons (Fsp3) is 0.217. The van der Waals surface area contributed by atoms with Crippen LogP contribution >= 0.6 is 22.9 Å². The first-order valence-corrected chi connectivity index (χ1v) is 10.5. The Kier molecular flexibility index (Phi) is 5.16. The number of carbonyl (C=O) groups excluding carboxylic acids is 2. The molecule has 0 aliphatic carbocycles. The summed E-state index contributed by atoms with van der Waals surface area (Å²) in [5, 5.41) is 0.786. The number of ether oxygens (including phenoxy) is 1. The van der Waals surface area contributed by atoms with E-state index in [9.17, 15) is 14.0 Å². The fourth-order valence-corrected chi connectivity index (χ4v) is 5.25. The second kappa shape index (κ2) is 7.52. The number of benzene rings is 2. The molecule has 0 fully saturated rings. The number of fused-ring (bicyclic) bond motifs is 2. The summed E-state index contributed by atoms with van der Waals surface area (Å²) in [6.07, 6.45) is 1.52. The summed E-state index contributed by atoms with van der Waals surface area (Å²) in [7, 11) is 1.91. The van der Waals surface area contributed by atoms with Crippen molar-refractivity contribution in [3.63, 3.8) is 0 Å². The Hall–Kier alpha value is -2.70. The number of esters is 1. The Balaban J connectivity index is 1.50. The van der Waals surface area contributed by atoms with Gasteiger partial charge < -0.3 is 9.64 Å². The summed E-state index contributed by atoms with van der Waals surface area (Å²) in [5.74, 6) is -1.43. The molecular weight excluding hydrogens is 425 g/mol. The molecule has 0 saturated carbocycles. The van der Waals surface area contributed by atoms with E-state index < -0.39 is 18.4 Å². The maximum Gasteiger partial charge on any atom is 0.350 e. The van der Waals surface area contributed by atoms with Gasteiger partial charge in [-0.05, 0) is 29.8 Å². The van der Waals surface area contributed by atoms with Gasteiger partial charge in [-0.25, -0.2) is 9.18 Å². The molecule has 0 radical (unpaired) electrons. The van der Waals surface area contributed by atoms with Crippen molar-refractivity contribution in [2.45, 2.75) is 19.3 Å². The van der Waals surface area contributed by atoms with Crippen molar-refractivity contribution < 1.29 is 18.7 Å². The molecule has 0 atom stereocenters. The van der Waals surface area contributed by atoms with Crippen LogP contribution in [0.3, 0.4) is 0 Å². The number of carbonyl (C=O) groups is 2. The van der Waals surface area contributed by atoms with Gasteiger partial charge in [0.2, 0.25) is 0 Å². The average molecular weight is 444 g/mol. The van der Waals surface area contributed by atoms with Crippen LogP contribution in [-0.4, -0.2) is 25.4 Å². The number of rotatable bonds is 4. The minimum absolute atomic E-state index is 0.156. The van der Waals surface area contributed by atoms with Crippen molar-refractivity contribution in [3.8, 4) is 0 Å². The number of hydrogen-bond acceptors (Lipinski definition) is 5. The van der Waals surface area contributed by atoms with E-state index in [4.69, 9.17) is 16.3 Å². The zero-order valence-corrected chi connectivity index (χ0v) is 18.2. The molecule has 1 aliphatic rings. The zero-order valence-electron chi connectivity index (χ0n) is 16.7. The van der Waals surface area contributed by atoms with Crippen molar-refractivity contribution in [1.29, 1.82) is 0 Å². The molecule has 1 aliphatic heterocycles. The lowest BCUT2D eigenvalue weighted by molar-refractivity contribution is -0.117. The largest absolute Gasteiger partial charge is 0.453 e. The number of halogens is 2. The van der Waals surface area contributed by atoms with Gasteiger partial charge in [-0.2, -0.15) is 0 Å². The first kappa shape index (κ1) is 20.6. The Morgan fingerprint density at radius 2 is 1.97 bits per heavy atom.